The van der Waals surface area contributed by atoms with Crippen LogP contribution in [0, 0.1) is 6.92 Å². The predicted octanol–water partition coefficient (Wildman–Crippen LogP) is 2.70. The number of ether oxygens (including phenoxy) is 1. The van der Waals surface area contributed by atoms with E-state index < -0.39 is 6.04 Å². The number of hydrogen-bond acceptors (Lipinski definition) is 5. The van der Waals surface area contributed by atoms with Gasteiger partial charge < -0.3 is 20.7 Å². The number of nitrogens with one attached hydrogen (secondary N) is 3. The number of benzene rings is 2. The predicted molar refractivity (Wildman–Crippen MR) is 115 cm³/mol. The van der Waals surface area contributed by atoms with Gasteiger partial charge in [-0.3, -0.25) is 14.5 Å². The zero-order valence-corrected chi connectivity index (χ0v) is 16.9. The molecule has 29 heavy (non-hydrogen) atoms. The van der Waals surface area contributed by atoms with Gasteiger partial charge in [0.05, 0.1) is 19.8 Å². The lowest BCUT2D eigenvalue weighted by Gasteiger charge is -2.25. The average Bonchev–Trinajstić information content (AvgIpc) is 2.72. The summed E-state index contributed by atoms with van der Waals surface area (Å²) in [6.45, 7) is 7.07. The lowest BCUT2D eigenvalue weighted by atomic mass is 10.2. The van der Waals surface area contributed by atoms with Crippen LogP contribution in [-0.4, -0.2) is 55.6 Å². The number of carbonyl (C=O) groups excluding carboxylic acids is 2. The maximum Gasteiger partial charge on any atom is 0.246 e. The van der Waals surface area contributed by atoms with Crippen molar-refractivity contribution in [1.82, 2.24) is 4.90 Å². The van der Waals surface area contributed by atoms with Crippen LogP contribution in [0.4, 0.5) is 17.1 Å². The van der Waals surface area contributed by atoms with Gasteiger partial charge in [-0.25, -0.2) is 0 Å². The standard InChI is InChI=1S/C22H28N4O3/c1-16-3-5-20(6-4-16)25-22(28)17(2)23-18-7-9-19(10-8-18)24-21(27)15-26-11-13-29-14-12-26/h3-10,17,23H,11-15H2,1-2H3,(H,24,27)(H,25,28). The van der Waals surface area contributed by atoms with Gasteiger partial charge in [0.2, 0.25) is 11.8 Å². The second-order valence-electron chi connectivity index (χ2n) is 7.24. The van der Waals surface area contributed by atoms with Gasteiger partial charge in [-0.1, -0.05) is 17.7 Å². The highest BCUT2D eigenvalue weighted by Gasteiger charge is 2.15. The molecule has 0 aliphatic carbocycles. The Hall–Kier alpha value is -2.90. The number of carbonyl (C=O) groups is 2. The number of anilines is 3. The Bertz CT molecular complexity index is 815. The van der Waals surface area contributed by atoms with Crippen molar-refractivity contribution in [1.29, 1.82) is 0 Å². The highest BCUT2D eigenvalue weighted by atomic mass is 16.5. The molecule has 0 radical (unpaired) electrons. The van der Waals surface area contributed by atoms with Crippen LogP contribution in [0.3, 0.4) is 0 Å². The topological polar surface area (TPSA) is 82.7 Å². The molecule has 1 aliphatic rings. The van der Waals surface area contributed by atoms with Gasteiger partial charge in [0.1, 0.15) is 6.04 Å². The van der Waals surface area contributed by atoms with E-state index in [1.165, 1.54) is 0 Å². The van der Waals surface area contributed by atoms with Crippen LogP contribution in [0.2, 0.25) is 0 Å². The molecule has 2 aromatic rings. The molecule has 2 amide bonds. The van der Waals surface area contributed by atoms with Crippen LogP contribution in [-0.2, 0) is 14.3 Å². The monoisotopic (exact) mass is 396 g/mol. The molecule has 1 atom stereocenters. The molecule has 1 fully saturated rings. The lowest BCUT2D eigenvalue weighted by Crippen LogP contribution is -2.41. The molecule has 1 saturated heterocycles. The molecule has 1 heterocycles. The molecule has 0 saturated carbocycles. The van der Waals surface area contributed by atoms with Crippen molar-refractivity contribution < 1.29 is 14.3 Å². The fourth-order valence-electron chi connectivity index (χ4n) is 3.02. The van der Waals surface area contributed by atoms with E-state index in [1.54, 1.807) is 0 Å². The van der Waals surface area contributed by atoms with Gasteiger partial charge in [0, 0.05) is 30.2 Å². The highest BCUT2D eigenvalue weighted by Crippen LogP contribution is 2.16. The fraction of sp³-hybridized carbons (Fsp3) is 0.364. The molecule has 154 valence electrons. The first-order valence-corrected chi connectivity index (χ1v) is 9.84. The number of hydrogen-bond donors (Lipinski definition) is 3. The summed E-state index contributed by atoms with van der Waals surface area (Å²) < 4.78 is 5.29. The zero-order valence-electron chi connectivity index (χ0n) is 16.9. The number of morpholine rings is 1. The lowest BCUT2D eigenvalue weighted by molar-refractivity contribution is -0.118. The van der Waals surface area contributed by atoms with Gasteiger partial charge in [0.25, 0.3) is 0 Å². The quantitative estimate of drug-likeness (QED) is 0.670. The Labute approximate surface area is 171 Å². The molecular formula is C22H28N4O3. The van der Waals surface area contributed by atoms with E-state index in [-0.39, 0.29) is 11.8 Å². The van der Waals surface area contributed by atoms with Crippen molar-refractivity contribution in [2.45, 2.75) is 19.9 Å². The second-order valence-corrected chi connectivity index (χ2v) is 7.24. The molecule has 0 aromatic heterocycles. The largest absolute Gasteiger partial charge is 0.379 e. The molecule has 1 aliphatic heterocycles. The van der Waals surface area contributed by atoms with E-state index in [0.717, 1.165) is 35.7 Å². The minimum Gasteiger partial charge on any atom is -0.379 e. The van der Waals surface area contributed by atoms with E-state index in [9.17, 15) is 9.59 Å². The second kappa shape index (κ2) is 10.0. The van der Waals surface area contributed by atoms with Crippen molar-refractivity contribution in [2.24, 2.45) is 0 Å². The molecule has 7 nitrogen and oxygen atoms in total. The summed E-state index contributed by atoms with van der Waals surface area (Å²) in [7, 11) is 0. The smallest absolute Gasteiger partial charge is 0.246 e. The number of rotatable bonds is 7. The van der Waals surface area contributed by atoms with Crippen molar-refractivity contribution in [3.8, 4) is 0 Å². The van der Waals surface area contributed by atoms with Crippen LogP contribution >= 0.6 is 0 Å². The molecule has 2 aromatic carbocycles. The molecule has 0 spiro atoms. The number of nitrogens with zero attached hydrogens (tertiary/aromatic N) is 1. The number of aryl methyl sites for hydroxylation is 1. The molecular weight excluding hydrogens is 368 g/mol. The summed E-state index contributed by atoms with van der Waals surface area (Å²) in [5.41, 5.74) is 3.45. The summed E-state index contributed by atoms with van der Waals surface area (Å²) in [6, 6.07) is 14.6. The van der Waals surface area contributed by atoms with Gasteiger partial charge >= 0.3 is 0 Å². The van der Waals surface area contributed by atoms with E-state index in [4.69, 9.17) is 4.74 Å². The number of amides is 2. The third-order valence-corrected chi connectivity index (χ3v) is 4.74. The average molecular weight is 396 g/mol. The third-order valence-electron chi connectivity index (χ3n) is 4.74. The van der Waals surface area contributed by atoms with Crippen LogP contribution < -0.4 is 16.0 Å². The first kappa shape index (κ1) is 20.8. The summed E-state index contributed by atoms with van der Waals surface area (Å²) >= 11 is 0. The Morgan fingerprint density at radius 1 is 0.931 bits per heavy atom. The van der Waals surface area contributed by atoms with Crippen LogP contribution in [0.25, 0.3) is 0 Å². The van der Waals surface area contributed by atoms with E-state index in [1.807, 2.05) is 62.4 Å². The van der Waals surface area contributed by atoms with E-state index in [0.29, 0.717) is 19.8 Å². The SMILES string of the molecule is Cc1ccc(NC(=O)C(C)Nc2ccc(NC(=O)CN3CCOCC3)cc2)cc1. The van der Waals surface area contributed by atoms with Gasteiger partial charge in [0.15, 0.2) is 0 Å². The third kappa shape index (κ3) is 6.58. The van der Waals surface area contributed by atoms with Crippen LogP contribution in [0.1, 0.15) is 12.5 Å². The Balaban J connectivity index is 1.46. The van der Waals surface area contributed by atoms with Crippen molar-refractivity contribution in [2.75, 3.05) is 48.8 Å². The van der Waals surface area contributed by atoms with E-state index in [2.05, 4.69) is 20.9 Å². The van der Waals surface area contributed by atoms with Crippen molar-refractivity contribution in [3.63, 3.8) is 0 Å². The highest BCUT2D eigenvalue weighted by molar-refractivity contribution is 5.96. The maximum atomic E-state index is 12.4. The summed E-state index contributed by atoms with van der Waals surface area (Å²) in [6.07, 6.45) is 0. The molecule has 0 bridgehead atoms. The molecule has 3 rings (SSSR count). The Morgan fingerprint density at radius 3 is 2.14 bits per heavy atom. The Kier molecular flexibility index (Phi) is 7.21. The fourth-order valence-corrected chi connectivity index (χ4v) is 3.02. The molecule has 1 unspecified atom stereocenters. The maximum absolute atomic E-state index is 12.4. The van der Waals surface area contributed by atoms with Crippen molar-refractivity contribution >= 4 is 28.9 Å². The summed E-state index contributed by atoms with van der Waals surface area (Å²) in [4.78, 5) is 26.6. The summed E-state index contributed by atoms with van der Waals surface area (Å²) in [5.74, 6) is -0.157. The minimum atomic E-state index is -0.405. The normalized spacial score (nSPS) is 15.4. The summed E-state index contributed by atoms with van der Waals surface area (Å²) in [5, 5.41) is 8.97. The minimum absolute atomic E-state index is 0.0431. The van der Waals surface area contributed by atoms with Gasteiger partial charge in [-0.2, -0.15) is 0 Å². The zero-order chi connectivity index (χ0) is 20.6. The first-order chi connectivity index (χ1) is 14.0. The molecule has 3 N–H and O–H groups in total. The van der Waals surface area contributed by atoms with E-state index >= 15 is 0 Å². The van der Waals surface area contributed by atoms with Crippen LogP contribution in [0.15, 0.2) is 48.5 Å². The van der Waals surface area contributed by atoms with Gasteiger partial charge in [-0.15, -0.1) is 0 Å². The van der Waals surface area contributed by atoms with Gasteiger partial charge in [-0.05, 0) is 50.2 Å². The van der Waals surface area contributed by atoms with Crippen molar-refractivity contribution in [3.05, 3.63) is 54.1 Å². The molecule has 7 heteroatoms. The van der Waals surface area contributed by atoms with Crippen LogP contribution in [0.5, 0.6) is 0 Å². The Morgan fingerprint density at radius 2 is 1.48 bits per heavy atom. The first-order valence-electron chi connectivity index (χ1n) is 9.84.